The molecule has 19 heavy (non-hydrogen) atoms. The van der Waals surface area contributed by atoms with Crippen LogP contribution in [0.1, 0.15) is 44.9 Å². The first-order chi connectivity index (χ1) is 9.26. The van der Waals surface area contributed by atoms with E-state index in [2.05, 4.69) is 22.4 Å². The van der Waals surface area contributed by atoms with Crippen molar-refractivity contribution in [2.24, 2.45) is 0 Å². The number of nitrogens with one attached hydrogen (secondary N) is 1. The van der Waals surface area contributed by atoms with Gasteiger partial charge in [-0.1, -0.05) is 19.3 Å². The third kappa shape index (κ3) is 3.48. The van der Waals surface area contributed by atoms with E-state index in [0.29, 0.717) is 6.10 Å². The Hall–Kier alpha value is -0.160. The highest BCUT2D eigenvalue weighted by Gasteiger charge is 2.40. The van der Waals surface area contributed by atoms with Gasteiger partial charge < -0.3 is 9.64 Å². The number of ether oxygens (including phenoxy) is 1. The van der Waals surface area contributed by atoms with Gasteiger partial charge in [0.1, 0.15) is 0 Å². The van der Waals surface area contributed by atoms with Crippen LogP contribution in [0, 0.1) is 0 Å². The van der Waals surface area contributed by atoms with Crippen LogP contribution in [0.5, 0.6) is 0 Å². The summed E-state index contributed by atoms with van der Waals surface area (Å²) in [5.41, 5.74) is 3.86. The molecular formula is C15H29N3O. The average molecular weight is 267 g/mol. The van der Waals surface area contributed by atoms with Crippen molar-refractivity contribution in [1.29, 1.82) is 0 Å². The van der Waals surface area contributed by atoms with Gasteiger partial charge in [0.15, 0.2) is 0 Å². The van der Waals surface area contributed by atoms with Crippen molar-refractivity contribution in [2.45, 2.75) is 56.7 Å². The van der Waals surface area contributed by atoms with Gasteiger partial charge in [-0.05, 0) is 32.7 Å². The Kier molecular flexibility index (Phi) is 4.42. The molecule has 4 nitrogen and oxygen atoms in total. The first kappa shape index (κ1) is 13.8. The summed E-state index contributed by atoms with van der Waals surface area (Å²) in [7, 11) is 2.20. The minimum Gasteiger partial charge on any atom is -0.370 e. The Bertz CT molecular complexity index is 283. The molecule has 0 aromatic heterocycles. The Labute approximate surface area is 117 Å². The predicted molar refractivity (Wildman–Crippen MR) is 77.0 cm³/mol. The van der Waals surface area contributed by atoms with Crippen molar-refractivity contribution in [3.63, 3.8) is 0 Å². The van der Waals surface area contributed by atoms with E-state index in [1.807, 2.05) is 0 Å². The molecule has 3 rings (SSSR count). The number of hydrogen-bond donors (Lipinski definition) is 1. The first-order valence-electron chi connectivity index (χ1n) is 8.11. The maximum Gasteiger partial charge on any atom is 0.0722 e. The third-order valence-electron chi connectivity index (χ3n) is 5.15. The lowest BCUT2D eigenvalue weighted by Gasteiger charge is -2.35. The van der Waals surface area contributed by atoms with Crippen LogP contribution in [0.3, 0.4) is 0 Å². The van der Waals surface area contributed by atoms with E-state index in [1.165, 1.54) is 58.0 Å². The molecule has 0 bridgehead atoms. The average Bonchev–Trinajstić information content (AvgIpc) is 2.82. The number of rotatable bonds is 3. The fraction of sp³-hybridized carbons (Fsp3) is 1.00. The number of piperazine rings is 1. The molecule has 1 N–H and O–H groups in total. The molecule has 2 heterocycles. The van der Waals surface area contributed by atoms with Gasteiger partial charge in [-0.25, -0.2) is 5.01 Å². The van der Waals surface area contributed by atoms with Crippen LogP contribution in [0.25, 0.3) is 0 Å². The standard InChI is InChI=1S/C15H29N3O/c1-17-9-11-18(12-10-17)16-13-14-5-8-15(19-14)6-3-2-4-7-15/h14,16H,2-13H2,1H3. The van der Waals surface area contributed by atoms with E-state index in [1.54, 1.807) is 0 Å². The quantitative estimate of drug-likeness (QED) is 0.841. The number of hydrogen-bond acceptors (Lipinski definition) is 4. The normalized spacial score (nSPS) is 33.0. The van der Waals surface area contributed by atoms with Gasteiger partial charge in [-0.3, -0.25) is 5.43 Å². The van der Waals surface area contributed by atoms with Crippen molar-refractivity contribution >= 4 is 0 Å². The summed E-state index contributed by atoms with van der Waals surface area (Å²) in [6.07, 6.45) is 9.75. The Morgan fingerprint density at radius 2 is 1.79 bits per heavy atom. The molecular weight excluding hydrogens is 238 g/mol. The lowest BCUT2D eigenvalue weighted by atomic mass is 9.83. The third-order valence-corrected chi connectivity index (χ3v) is 5.15. The maximum absolute atomic E-state index is 6.40. The first-order valence-corrected chi connectivity index (χ1v) is 8.11. The fourth-order valence-corrected chi connectivity index (χ4v) is 3.80. The van der Waals surface area contributed by atoms with E-state index in [-0.39, 0.29) is 5.60 Å². The lowest BCUT2D eigenvalue weighted by molar-refractivity contribution is -0.0682. The maximum atomic E-state index is 6.40. The minimum absolute atomic E-state index is 0.271. The highest BCUT2D eigenvalue weighted by molar-refractivity contribution is 4.91. The molecule has 3 aliphatic rings. The van der Waals surface area contributed by atoms with Crippen molar-refractivity contribution < 1.29 is 4.74 Å². The van der Waals surface area contributed by atoms with E-state index < -0.39 is 0 Å². The number of nitrogens with zero attached hydrogens (tertiary/aromatic N) is 2. The summed E-state index contributed by atoms with van der Waals surface area (Å²) in [6.45, 7) is 5.61. The molecule has 3 fully saturated rings. The van der Waals surface area contributed by atoms with E-state index in [4.69, 9.17) is 4.74 Å². The monoisotopic (exact) mass is 267 g/mol. The van der Waals surface area contributed by atoms with Crippen molar-refractivity contribution in [3.8, 4) is 0 Å². The summed E-state index contributed by atoms with van der Waals surface area (Å²) >= 11 is 0. The van der Waals surface area contributed by atoms with Crippen LogP contribution < -0.4 is 5.43 Å². The van der Waals surface area contributed by atoms with Crippen molar-refractivity contribution in [1.82, 2.24) is 15.3 Å². The highest BCUT2D eigenvalue weighted by Crippen LogP contribution is 2.41. The van der Waals surface area contributed by atoms with Gasteiger partial charge in [0.25, 0.3) is 0 Å². The molecule has 0 aromatic rings. The molecule has 1 spiro atoms. The van der Waals surface area contributed by atoms with Gasteiger partial charge in [0.05, 0.1) is 11.7 Å². The molecule has 4 heteroatoms. The van der Waals surface area contributed by atoms with E-state index in [9.17, 15) is 0 Å². The van der Waals surface area contributed by atoms with Crippen molar-refractivity contribution in [3.05, 3.63) is 0 Å². The Morgan fingerprint density at radius 1 is 1.05 bits per heavy atom. The predicted octanol–water partition coefficient (Wildman–Crippen LogP) is 1.62. The van der Waals surface area contributed by atoms with Crippen LogP contribution in [-0.4, -0.2) is 61.4 Å². The molecule has 0 radical (unpaired) electrons. The summed E-state index contributed by atoms with van der Waals surface area (Å²) in [6, 6.07) is 0. The molecule has 1 saturated carbocycles. The summed E-state index contributed by atoms with van der Waals surface area (Å²) in [5, 5.41) is 2.37. The summed E-state index contributed by atoms with van der Waals surface area (Å²) in [5.74, 6) is 0. The largest absolute Gasteiger partial charge is 0.370 e. The fourth-order valence-electron chi connectivity index (χ4n) is 3.80. The van der Waals surface area contributed by atoms with Gasteiger partial charge in [0.2, 0.25) is 0 Å². The molecule has 1 atom stereocenters. The molecule has 2 aliphatic heterocycles. The van der Waals surface area contributed by atoms with Gasteiger partial charge in [-0.15, -0.1) is 0 Å². The second-order valence-electron chi connectivity index (χ2n) is 6.67. The van der Waals surface area contributed by atoms with E-state index >= 15 is 0 Å². The van der Waals surface area contributed by atoms with Crippen LogP contribution >= 0.6 is 0 Å². The Morgan fingerprint density at radius 3 is 2.53 bits per heavy atom. The van der Waals surface area contributed by atoms with Crippen LogP contribution in [0.4, 0.5) is 0 Å². The molecule has 1 aliphatic carbocycles. The van der Waals surface area contributed by atoms with Gasteiger partial charge in [-0.2, -0.15) is 0 Å². The smallest absolute Gasteiger partial charge is 0.0722 e. The second kappa shape index (κ2) is 6.08. The van der Waals surface area contributed by atoms with Crippen molar-refractivity contribution in [2.75, 3.05) is 39.8 Å². The molecule has 110 valence electrons. The zero-order chi connectivity index (χ0) is 13.1. The molecule has 1 unspecified atom stereocenters. The van der Waals surface area contributed by atoms with Crippen LogP contribution in [0.15, 0.2) is 0 Å². The zero-order valence-corrected chi connectivity index (χ0v) is 12.4. The summed E-state index contributed by atoms with van der Waals surface area (Å²) in [4.78, 5) is 2.39. The van der Waals surface area contributed by atoms with Gasteiger partial charge in [0, 0.05) is 32.7 Å². The lowest BCUT2D eigenvalue weighted by Crippen LogP contribution is -2.52. The minimum atomic E-state index is 0.271. The van der Waals surface area contributed by atoms with E-state index in [0.717, 1.165) is 19.6 Å². The van der Waals surface area contributed by atoms with Crippen LogP contribution in [0.2, 0.25) is 0 Å². The molecule has 2 saturated heterocycles. The number of likely N-dealkylation sites (N-methyl/N-ethyl adjacent to an activating group) is 1. The second-order valence-corrected chi connectivity index (χ2v) is 6.67. The van der Waals surface area contributed by atoms with Crippen LogP contribution in [-0.2, 0) is 4.74 Å². The zero-order valence-electron chi connectivity index (χ0n) is 12.4. The number of hydrazine groups is 1. The van der Waals surface area contributed by atoms with Gasteiger partial charge >= 0.3 is 0 Å². The molecule has 0 aromatic carbocycles. The summed E-state index contributed by atoms with van der Waals surface area (Å²) < 4.78 is 6.40. The highest BCUT2D eigenvalue weighted by atomic mass is 16.5. The SMILES string of the molecule is CN1CCN(NCC2CCC3(CCCCC3)O2)CC1. The Balaban J connectivity index is 1.39. The molecule has 0 amide bonds. The topological polar surface area (TPSA) is 27.7 Å².